The number of benzene rings is 2. The first-order valence-electron chi connectivity index (χ1n) is 8.18. The van der Waals surface area contributed by atoms with Crippen molar-refractivity contribution >= 4 is 31.9 Å². The van der Waals surface area contributed by atoms with Gasteiger partial charge in [-0.25, -0.2) is 17.5 Å². The summed E-state index contributed by atoms with van der Waals surface area (Å²) in [5.74, 6) is -0.541. The molecular formula is C18H18BrFN2O3S. The molecule has 5 nitrogen and oxygen atoms in total. The Morgan fingerprint density at radius 3 is 2.19 bits per heavy atom. The molecule has 2 aromatic carbocycles. The Balaban J connectivity index is 1.59. The van der Waals surface area contributed by atoms with Crippen molar-refractivity contribution in [1.29, 1.82) is 0 Å². The molecule has 0 unspecified atom stereocenters. The molecule has 0 saturated carbocycles. The van der Waals surface area contributed by atoms with Crippen LogP contribution < -0.4 is 4.72 Å². The summed E-state index contributed by atoms with van der Waals surface area (Å²) >= 11 is 3.34. The van der Waals surface area contributed by atoms with Crippen molar-refractivity contribution in [1.82, 2.24) is 9.62 Å². The first-order chi connectivity index (χ1) is 12.3. The van der Waals surface area contributed by atoms with E-state index in [4.69, 9.17) is 0 Å². The first-order valence-corrected chi connectivity index (χ1v) is 10.5. The molecule has 1 fully saturated rings. The maximum Gasteiger partial charge on any atom is 0.253 e. The van der Waals surface area contributed by atoms with Crippen LogP contribution in [0.1, 0.15) is 23.2 Å². The Hall–Kier alpha value is -1.77. The quantitative estimate of drug-likeness (QED) is 0.793. The summed E-state index contributed by atoms with van der Waals surface area (Å²) in [7, 11) is -3.70. The molecule has 1 aliphatic heterocycles. The van der Waals surface area contributed by atoms with Crippen LogP contribution in [0.15, 0.2) is 57.9 Å². The molecule has 0 atom stereocenters. The molecular weight excluding hydrogens is 423 g/mol. The van der Waals surface area contributed by atoms with Gasteiger partial charge in [0.15, 0.2) is 0 Å². The fourth-order valence-corrected chi connectivity index (χ4v) is 4.45. The Kier molecular flexibility index (Phi) is 5.74. The third kappa shape index (κ3) is 4.49. The molecule has 1 N–H and O–H groups in total. The highest BCUT2D eigenvalue weighted by atomic mass is 79.9. The number of piperidine rings is 1. The van der Waals surface area contributed by atoms with Gasteiger partial charge >= 0.3 is 0 Å². The van der Waals surface area contributed by atoms with Crippen LogP contribution in [-0.2, 0) is 10.0 Å². The lowest BCUT2D eigenvalue weighted by atomic mass is 10.0. The number of nitrogens with zero attached hydrogens (tertiary/aromatic N) is 1. The minimum absolute atomic E-state index is 0.0345. The molecule has 138 valence electrons. The van der Waals surface area contributed by atoms with E-state index in [1.54, 1.807) is 17.0 Å². The van der Waals surface area contributed by atoms with Crippen LogP contribution in [0.5, 0.6) is 0 Å². The van der Waals surface area contributed by atoms with Gasteiger partial charge in [-0.1, -0.05) is 15.9 Å². The van der Waals surface area contributed by atoms with E-state index in [0.29, 0.717) is 31.5 Å². The van der Waals surface area contributed by atoms with Gasteiger partial charge < -0.3 is 4.90 Å². The van der Waals surface area contributed by atoms with Gasteiger partial charge in [0.1, 0.15) is 5.82 Å². The molecule has 0 spiro atoms. The summed E-state index contributed by atoms with van der Waals surface area (Å²) in [6.07, 6.45) is 1.06. The lowest BCUT2D eigenvalue weighted by molar-refractivity contribution is 0.0711. The van der Waals surface area contributed by atoms with Crippen molar-refractivity contribution in [2.24, 2.45) is 0 Å². The number of nitrogens with one attached hydrogen (secondary N) is 1. The van der Waals surface area contributed by atoms with E-state index in [1.807, 2.05) is 12.1 Å². The third-order valence-corrected chi connectivity index (χ3v) is 6.38. The van der Waals surface area contributed by atoms with Crippen molar-refractivity contribution in [3.63, 3.8) is 0 Å². The van der Waals surface area contributed by atoms with Crippen LogP contribution >= 0.6 is 15.9 Å². The van der Waals surface area contributed by atoms with Gasteiger partial charge in [0, 0.05) is 29.2 Å². The van der Waals surface area contributed by atoms with Gasteiger partial charge in [-0.2, -0.15) is 0 Å². The second-order valence-corrected chi connectivity index (χ2v) is 8.78. The zero-order valence-electron chi connectivity index (χ0n) is 13.9. The lowest BCUT2D eigenvalue weighted by Crippen LogP contribution is -2.46. The number of sulfonamides is 1. The first kappa shape index (κ1) is 19.0. The number of carbonyl (C=O) groups is 1. The summed E-state index contributed by atoms with van der Waals surface area (Å²) < 4.78 is 41.2. The molecule has 2 aromatic rings. The summed E-state index contributed by atoms with van der Waals surface area (Å²) in [6.45, 7) is 0.955. The predicted molar refractivity (Wildman–Crippen MR) is 99.8 cm³/mol. The number of halogens is 2. The van der Waals surface area contributed by atoms with Gasteiger partial charge in [0.05, 0.1) is 4.90 Å². The van der Waals surface area contributed by atoms with E-state index in [2.05, 4.69) is 20.7 Å². The minimum Gasteiger partial charge on any atom is -0.339 e. The third-order valence-electron chi connectivity index (χ3n) is 4.32. The van der Waals surface area contributed by atoms with Gasteiger partial charge in [-0.3, -0.25) is 4.79 Å². The van der Waals surface area contributed by atoms with Crippen LogP contribution in [0.4, 0.5) is 4.39 Å². The minimum atomic E-state index is -3.70. The van der Waals surface area contributed by atoms with Crippen molar-refractivity contribution in [2.45, 2.75) is 23.8 Å². The van der Waals surface area contributed by atoms with Crippen molar-refractivity contribution in [2.75, 3.05) is 13.1 Å². The molecule has 26 heavy (non-hydrogen) atoms. The Bertz CT molecular complexity index is 878. The summed E-state index contributed by atoms with van der Waals surface area (Å²) in [5, 5.41) is 0. The number of hydrogen-bond acceptors (Lipinski definition) is 3. The maximum absolute atomic E-state index is 13.0. The molecule has 0 aromatic heterocycles. The number of carbonyl (C=O) groups excluding carboxylic acids is 1. The molecule has 1 heterocycles. The summed E-state index contributed by atoms with van der Waals surface area (Å²) in [6, 6.07) is 11.6. The van der Waals surface area contributed by atoms with Crippen LogP contribution in [-0.4, -0.2) is 38.4 Å². The molecule has 1 aliphatic rings. The maximum atomic E-state index is 13.0. The molecule has 0 radical (unpaired) electrons. The standard InChI is InChI=1S/C18H18BrFN2O3S/c19-14-3-1-13(2-4-14)18(23)22-11-9-16(10-12-22)21-26(24,25)17-7-5-15(20)6-8-17/h1-8,16,21H,9-12H2. The molecule has 0 bridgehead atoms. The molecule has 1 amide bonds. The smallest absolute Gasteiger partial charge is 0.253 e. The Labute approximate surface area is 160 Å². The van der Waals surface area contributed by atoms with E-state index < -0.39 is 15.8 Å². The van der Waals surface area contributed by atoms with Crippen molar-refractivity contribution in [3.05, 3.63) is 64.4 Å². The largest absolute Gasteiger partial charge is 0.339 e. The van der Waals surface area contributed by atoms with Crippen LogP contribution in [0.3, 0.4) is 0 Å². The number of rotatable bonds is 4. The second-order valence-electron chi connectivity index (χ2n) is 6.15. The van der Waals surface area contributed by atoms with Gasteiger partial charge in [0.2, 0.25) is 10.0 Å². The normalized spacial score (nSPS) is 15.8. The molecule has 1 saturated heterocycles. The van der Waals surface area contributed by atoms with Gasteiger partial charge in [-0.05, 0) is 61.4 Å². The van der Waals surface area contributed by atoms with E-state index in [0.717, 1.165) is 16.6 Å². The zero-order valence-corrected chi connectivity index (χ0v) is 16.3. The van der Waals surface area contributed by atoms with E-state index in [1.165, 1.54) is 12.1 Å². The zero-order chi connectivity index (χ0) is 18.7. The monoisotopic (exact) mass is 440 g/mol. The Morgan fingerprint density at radius 1 is 1.04 bits per heavy atom. The van der Waals surface area contributed by atoms with E-state index in [-0.39, 0.29) is 16.8 Å². The average molecular weight is 441 g/mol. The summed E-state index contributed by atoms with van der Waals surface area (Å²) in [5.41, 5.74) is 0.610. The molecule has 3 rings (SSSR count). The van der Waals surface area contributed by atoms with Gasteiger partial charge in [-0.15, -0.1) is 0 Å². The summed E-state index contributed by atoms with van der Waals surface area (Å²) in [4.78, 5) is 14.3. The van der Waals surface area contributed by atoms with E-state index >= 15 is 0 Å². The van der Waals surface area contributed by atoms with Gasteiger partial charge in [0.25, 0.3) is 5.91 Å². The lowest BCUT2D eigenvalue weighted by Gasteiger charge is -2.32. The highest BCUT2D eigenvalue weighted by molar-refractivity contribution is 9.10. The topological polar surface area (TPSA) is 66.5 Å². The molecule has 0 aliphatic carbocycles. The number of likely N-dealkylation sites (tertiary alicyclic amines) is 1. The average Bonchev–Trinajstić information content (AvgIpc) is 2.62. The number of hydrogen-bond donors (Lipinski definition) is 1. The predicted octanol–water partition coefficient (Wildman–Crippen LogP) is 3.17. The van der Waals surface area contributed by atoms with E-state index in [9.17, 15) is 17.6 Å². The van der Waals surface area contributed by atoms with Crippen molar-refractivity contribution < 1.29 is 17.6 Å². The molecule has 8 heteroatoms. The highest BCUT2D eigenvalue weighted by Crippen LogP contribution is 2.18. The highest BCUT2D eigenvalue weighted by Gasteiger charge is 2.27. The van der Waals surface area contributed by atoms with Crippen LogP contribution in [0, 0.1) is 5.82 Å². The van der Waals surface area contributed by atoms with Crippen molar-refractivity contribution in [3.8, 4) is 0 Å². The van der Waals surface area contributed by atoms with Crippen LogP contribution in [0.2, 0.25) is 0 Å². The Morgan fingerprint density at radius 2 is 1.62 bits per heavy atom. The van der Waals surface area contributed by atoms with Crippen LogP contribution in [0.25, 0.3) is 0 Å². The second kappa shape index (κ2) is 7.85. The SMILES string of the molecule is O=C(c1ccc(Br)cc1)N1CCC(NS(=O)(=O)c2ccc(F)cc2)CC1. The number of amides is 1. The fraction of sp³-hybridized carbons (Fsp3) is 0.278. The fourth-order valence-electron chi connectivity index (χ4n) is 2.88.